The Hall–Kier alpha value is -0.457. The average molecular weight is 261 g/mol. The third-order valence-electron chi connectivity index (χ3n) is 2.32. The van der Waals surface area contributed by atoms with E-state index in [1.165, 1.54) is 5.56 Å². The zero-order valence-electron chi connectivity index (χ0n) is 7.85. The van der Waals surface area contributed by atoms with Gasteiger partial charge in [-0.3, -0.25) is 0 Å². The molecule has 1 atom stereocenters. The number of allylic oxidation sites excluding steroid dienone is 2. The molecule has 1 unspecified atom stereocenters. The molecular weight excluding hydrogens is 249 g/mol. The van der Waals surface area contributed by atoms with Crippen LogP contribution in [0.5, 0.6) is 0 Å². The molecule has 69 valence electrons. The fourth-order valence-electron chi connectivity index (χ4n) is 1.53. The van der Waals surface area contributed by atoms with E-state index in [0.29, 0.717) is 5.92 Å². The second-order valence-corrected chi connectivity index (χ2v) is 3.21. The van der Waals surface area contributed by atoms with E-state index in [1.54, 1.807) is 0 Å². The van der Waals surface area contributed by atoms with Crippen LogP contribution >= 0.6 is 0 Å². The monoisotopic (exact) mass is 260 g/mol. The molecule has 2 rings (SSSR count). The van der Waals surface area contributed by atoms with Crippen LogP contribution in [0, 0.1) is 12.0 Å². The molecule has 0 fully saturated rings. The molecule has 0 aromatic heterocycles. The van der Waals surface area contributed by atoms with Crippen molar-refractivity contribution in [2.45, 2.75) is 6.04 Å². The standard InChI is InChI=1S/C12H12N.Zr/c13-12(11-8-4-5-9-11)10-6-2-1-3-7-10;/h2-9,11-12H,13H2;. The summed E-state index contributed by atoms with van der Waals surface area (Å²) in [5.41, 5.74) is 7.25. The van der Waals surface area contributed by atoms with Crippen molar-refractivity contribution in [2.24, 2.45) is 11.7 Å². The molecule has 2 heteroatoms. The zero-order valence-corrected chi connectivity index (χ0v) is 10.3. The first kappa shape index (κ1) is 11.6. The van der Waals surface area contributed by atoms with E-state index in [2.05, 4.69) is 18.2 Å². The van der Waals surface area contributed by atoms with E-state index >= 15 is 0 Å². The summed E-state index contributed by atoms with van der Waals surface area (Å²) in [6.45, 7) is 0. The van der Waals surface area contributed by atoms with Crippen LogP contribution in [0.15, 0.2) is 48.6 Å². The van der Waals surface area contributed by atoms with Gasteiger partial charge in [0.15, 0.2) is 0 Å². The molecule has 1 aromatic rings. The van der Waals surface area contributed by atoms with Crippen LogP contribution in [0.2, 0.25) is 0 Å². The van der Waals surface area contributed by atoms with Gasteiger partial charge in [0.05, 0.1) is 0 Å². The third-order valence-corrected chi connectivity index (χ3v) is 2.32. The number of nitrogens with two attached hydrogens (primary N) is 1. The SMILES string of the molecule is NC(c1cc[c]cc1)C1C=CC=C1.[Zr]. The van der Waals surface area contributed by atoms with Crippen LogP contribution in [-0.2, 0) is 26.2 Å². The minimum absolute atomic E-state index is 0. The smallest absolute Gasteiger partial charge is 0.0393 e. The predicted molar refractivity (Wildman–Crippen MR) is 54.0 cm³/mol. The van der Waals surface area contributed by atoms with Crippen molar-refractivity contribution < 1.29 is 26.2 Å². The fraction of sp³-hybridized carbons (Fsp3) is 0.167. The van der Waals surface area contributed by atoms with Crippen molar-refractivity contribution >= 4 is 0 Å². The predicted octanol–water partition coefficient (Wildman–Crippen LogP) is 2.23. The largest absolute Gasteiger partial charge is 0.323 e. The van der Waals surface area contributed by atoms with Crippen LogP contribution in [0.4, 0.5) is 0 Å². The van der Waals surface area contributed by atoms with E-state index in [9.17, 15) is 0 Å². The maximum atomic E-state index is 6.08. The van der Waals surface area contributed by atoms with Gasteiger partial charge in [0.25, 0.3) is 0 Å². The van der Waals surface area contributed by atoms with Crippen LogP contribution in [0.1, 0.15) is 11.6 Å². The molecule has 0 amide bonds. The van der Waals surface area contributed by atoms with Crippen LogP contribution in [-0.4, -0.2) is 0 Å². The summed E-state index contributed by atoms with van der Waals surface area (Å²) in [7, 11) is 0. The van der Waals surface area contributed by atoms with Gasteiger partial charge in [-0.25, -0.2) is 0 Å². The van der Waals surface area contributed by atoms with Gasteiger partial charge in [-0.05, 0) is 11.6 Å². The number of hydrogen-bond donors (Lipinski definition) is 1. The Morgan fingerprint density at radius 2 is 1.71 bits per heavy atom. The van der Waals surface area contributed by atoms with Crippen molar-refractivity contribution in [2.75, 3.05) is 0 Å². The second kappa shape index (κ2) is 5.43. The molecule has 1 aliphatic carbocycles. The summed E-state index contributed by atoms with van der Waals surface area (Å²) in [6, 6.07) is 10.9. The molecule has 0 saturated heterocycles. The van der Waals surface area contributed by atoms with Crippen molar-refractivity contribution in [1.29, 1.82) is 0 Å². The maximum absolute atomic E-state index is 6.08. The van der Waals surface area contributed by atoms with E-state index in [1.807, 2.05) is 36.4 Å². The topological polar surface area (TPSA) is 26.0 Å². The molecule has 1 radical (unpaired) electrons. The van der Waals surface area contributed by atoms with Gasteiger partial charge in [0, 0.05) is 38.2 Å². The molecule has 1 aliphatic rings. The van der Waals surface area contributed by atoms with Gasteiger partial charge in [-0.1, -0.05) is 48.6 Å². The molecule has 0 saturated carbocycles. The summed E-state index contributed by atoms with van der Waals surface area (Å²) in [6.07, 6.45) is 8.34. The van der Waals surface area contributed by atoms with Gasteiger partial charge in [-0.2, -0.15) is 0 Å². The normalized spacial score (nSPS) is 16.6. The minimum Gasteiger partial charge on any atom is -0.323 e. The Balaban J connectivity index is 0.000000980. The van der Waals surface area contributed by atoms with Gasteiger partial charge < -0.3 is 5.73 Å². The maximum Gasteiger partial charge on any atom is 0.0393 e. The summed E-state index contributed by atoms with van der Waals surface area (Å²) in [5.74, 6) is 0.349. The van der Waals surface area contributed by atoms with E-state index in [0.717, 1.165) is 0 Å². The zero-order chi connectivity index (χ0) is 9.10. The van der Waals surface area contributed by atoms with Gasteiger partial charge in [-0.15, -0.1) is 0 Å². The van der Waals surface area contributed by atoms with Crippen molar-refractivity contribution in [3.63, 3.8) is 0 Å². The number of rotatable bonds is 2. The Kier molecular flexibility index (Phi) is 4.51. The minimum atomic E-state index is 0. The molecule has 0 aliphatic heterocycles. The molecular formula is C12H12NZr. The molecule has 0 heterocycles. The third kappa shape index (κ3) is 2.52. The Morgan fingerprint density at radius 1 is 1.14 bits per heavy atom. The number of hydrogen-bond acceptors (Lipinski definition) is 1. The first-order valence-electron chi connectivity index (χ1n) is 4.44. The van der Waals surface area contributed by atoms with Crippen molar-refractivity contribution in [1.82, 2.24) is 0 Å². The first-order valence-corrected chi connectivity index (χ1v) is 4.44. The summed E-state index contributed by atoms with van der Waals surface area (Å²) >= 11 is 0. The Labute approximate surface area is 104 Å². The second-order valence-electron chi connectivity index (χ2n) is 3.21. The molecule has 14 heavy (non-hydrogen) atoms. The van der Waals surface area contributed by atoms with Gasteiger partial charge >= 0.3 is 0 Å². The van der Waals surface area contributed by atoms with Crippen molar-refractivity contribution in [3.05, 3.63) is 60.2 Å². The van der Waals surface area contributed by atoms with Gasteiger partial charge in [0.1, 0.15) is 0 Å². The van der Waals surface area contributed by atoms with E-state index < -0.39 is 0 Å². The molecule has 1 nitrogen and oxygen atoms in total. The van der Waals surface area contributed by atoms with Crippen LogP contribution in [0.3, 0.4) is 0 Å². The Bertz CT molecular complexity index is 317. The van der Waals surface area contributed by atoms with Crippen LogP contribution in [0.25, 0.3) is 0 Å². The Morgan fingerprint density at radius 3 is 2.29 bits per heavy atom. The first-order chi connectivity index (χ1) is 6.38. The summed E-state index contributed by atoms with van der Waals surface area (Å²) in [5, 5.41) is 0. The molecule has 2 N–H and O–H groups in total. The van der Waals surface area contributed by atoms with E-state index in [4.69, 9.17) is 5.73 Å². The van der Waals surface area contributed by atoms with Crippen LogP contribution < -0.4 is 5.73 Å². The molecule has 1 aromatic carbocycles. The summed E-state index contributed by atoms with van der Waals surface area (Å²) in [4.78, 5) is 0. The van der Waals surface area contributed by atoms with E-state index in [-0.39, 0.29) is 32.2 Å². The quantitative estimate of drug-likeness (QED) is 0.868. The summed E-state index contributed by atoms with van der Waals surface area (Å²) < 4.78 is 0. The average Bonchev–Trinajstić information content (AvgIpc) is 2.71. The van der Waals surface area contributed by atoms with Crippen molar-refractivity contribution in [3.8, 4) is 0 Å². The molecule has 0 bridgehead atoms. The molecule has 0 spiro atoms. The number of benzene rings is 1. The fourth-order valence-corrected chi connectivity index (χ4v) is 1.53. The van der Waals surface area contributed by atoms with Gasteiger partial charge in [0.2, 0.25) is 0 Å².